The van der Waals surface area contributed by atoms with Crippen LogP contribution in [0.15, 0.2) is 36.8 Å². The van der Waals surface area contributed by atoms with Crippen LogP contribution in [0, 0.1) is 0 Å². The van der Waals surface area contributed by atoms with Crippen LogP contribution >= 0.6 is 0 Å². The van der Waals surface area contributed by atoms with Crippen molar-refractivity contribution in [3.8, 4) is 0 Å². The molecule has 1 amide bonds. The van der Waals surface area contributed by atoms with Gasteiger partial charge in [-0.05, 0) is 17.7 Å². The number of fused-ring (bicyclic) bond motifs is 1. The van der Waals surface area contributed by atoms with E-state index >= 15 is 0 Å². The molecule has 1 saturated heterocycles. The van der Waals surface area contributed by atoms with Gasteiger partial charge in [0.1, 0.15) is 18.7 Å². The summed E-state index contributed by atoms with van der Waals surface area (Å²) in [7, 11) is 0. The number of carbonyl (C=O) groups is 1. The van der Waals surface area contributed by atoms with E-state index in [0.29, 0.717) is 37.5 Å². The molecule has 1 fully saturated rings. The molecule has 11 heteroatoms. The quantitative estimate of drug-likeness (QED) is 0.680. The molecule has 0 atom stereocenters. The van der Waals surface area contributed by atoms with Crippen LogP contribution in [0.3, 0.4) is 0 Å². The molecule has 0 spiro atoms. The second kappa shape index (κ2) is 8.27. The first-order chi connectivity index (χ1) is 14.4. The fourth-order valence-electron chi connectivity index (χ4n) is 3.23. The minimum absolute atomic E-state index is 0.0658. The van der Waals surface area contributed by atoms with Gasteiger partial charge < -0.3 is 15.0 Å². The number of hydrogen-bond acceptors (Lipinski definition) is 6. The fourth-order valence-corrected chi connectivity index (χ4v) is 3.23. The smallest absolute Gasteiger partial charge is 0.378 e. The number of nitrogens with one attached hydrogen (secondary N) is 1. The van der Waals surface area contributed by atoms with E-state index in [1.165, 1.54) is 23.1 Å². The molecule has 3 aromatic rings. The third-order valence-electron chi connectivity index (χ3n) is 4.79. The number of alkyl halides is 3. The van der Waals surface area contributed by atoms with Gasteiger partial charge in [-0.1, -0.05) is 12.1 Å². The first-order valence-electron chi connectivity index (χ1n) is 9.34. The van der Waals surface area contributed by atoms with Crippen LogP contribution in [0.4, 0.5) is 19.0 Å². The number of carbonyl (C=O) groups excluding carboxylic acids is 1. The van der Waals surface area contributed by atoms with Gasteiger partial charge in [-0.2, -0.15) is 18.3 Å². The number of anilines is 1. The Morgan fingerprint density at radius 2 is 1.87 bits per heavy atom. The highest BCUT2D eigenvalue weighted by Crippen LogP contribution is 2.29. The predicted molar refractivity (Wildman–Crippen MR) is 102 cm³/mol. The molecule has 1 aliphatic heterocycles. The highest BCUT2D eigenvalue weighted by atomic mass is 19.4. The van der Waals surface area contributed by atoms with Gasteiger partial charge in [0.15, 0.2) is 5.65 Å². The topological polar surface area (TPSA) is 85.2 Å². The zero-order valence-electron chi connectivity index (χ0n) is 15.9. The Morgan fingerprint density at radius 1 is 1.13 bits per heavy atom. The number of benzene rings is 1. The van der Waals surface area contributed by atoms with Crippen molar-refractivity contribution in [1.29, 1.82) is 0 Å². The Kier molecular flexibility index (Phi) is 5.53. The number of ether oxygens (including phenoxy) is 1. The van der Waals surface area contributed by atoms with Crippen LogP contribution in [-0.2, 0) is 28.8 Å². The van der Waals surface area contributed by atoms with Crippen molar-refractivity contribution in [1.82, 2.24) is 25.1 Å². The van der Waals surface area contributed by atoms with Gasteiger partial charge >= 0.3 is 6.18 Å². The lowest BCUT2D eigenvalue weighted by Crippen LogP contribution is -2.36. The number of amides is 1. The normalized spacial score (nSPS) is 14.8. The van der Waals surface area contributed by atoms with Crippen molar-refractivity contribution in [2.45, 2.75) is 19.3 Å². The highest BCUT2D eigenvalue weighted by molar-refractivity contribution is 5.87. The van der Waals surface area contributed by atoms with E-state index in [-0.39, 0.29) is 19.0 Å². The average molecular weight is 420 g/mol. The maximum absolute atomic E-state index is 12.6. The van der Waals surface area contributed by atoms with Gasteiger partial charge in [0.05, 0.1) is 30.4 Å². The molecule has 0 aliphatic carbocycles. The van der Waals surface area contributed by atoms with Gasteiger partial charge in [0.2, 0.25) is 5.91 Å². The minimum atomic E-state index is -4.38. The maximum Gasteiger partial charge on any atom is 0.416 e. The number of nitrogens with zero attached hydrogens (tertiary/aromatic N) is 5. The predicted octanol–water partition coefficient (Wildman–Crippen LogP) is 2.00. The molecule has 4 rings (SSSR count). The Morgan fingerprint density at radius 3 is 2.57 bits per heavy atom. The largest absolute Gasteiger partial charge is 0.416 e. The van der Waals surface area contributed by atoms with Gasteiger partial charge in [0.25, 0.3) is 0 Å². The molecule has 1 aromatic carbocycles. The number of aromatic nitrogens is 4. The van der Waals surface area contributed by atoms with E-state index in [1.807, 2.05) is 0 Å². The third-order valence-corrected chi connectivity index (χ3v) is 4.79. The van der Waals surface area contributed by atoms with E-state index in [0.717, 1.165) is 23.3 Å². The second-order valence-electron chi connectivity index (χ2n) is 6.81. The zero-order valence-corrected chi connectivity index (χ0v) is 15.9. The summed E-state index contributed by atoms with van der Waals surface area (Å²) in [5.41, 5.74) is 0.381. The maximum atomic E-state index is 12.6. The summed E-state index contributed by atoms with van der Waals surface area (Å²) < 4.78 is 44.7. The van der Waals surface area contributed by atoms with E-state index in [1.54, 1.807) is 6.20 Å². The van der Waals surface area contributed by atoms with Crippen LogP contribution in [-0.4, -0.2) is 52.0 Å². The van der Waals surface area contributed by atoms with Crippen molar-refractivity contribution in [3.63, 3.8) is 0 Å². The molecule has 158 valence electrons. The molecule has 0 radical (unpaired) electrons. The lowest BCUT2D eigenvalue weighted by atomic mass is 10.1. The van der Waals surface area contributed by atoms with Crippen LogP contribution in [0.1, 0.15) is 11.1 Å². The summed E-state index contributed by atoms with van der Waals surface area (Å²) >= 11 is 0. The number of rotatable bonds is 5. The van der Waals surface area contributed by atoms with E-state index in [4.69, 9.17) is 4.74 Å². The first kappa shape index (κ1) is 20.1. The van der Waals surface area contributed by atoms with Crippen molar-refractivity contribution in [3.05, 3.63) is 47.9 Å². The molecule has 0 unspecified atom stereocenters. The lowest BCUT2D eigenvalue weighted by Gasteiger charge is -2.27. The number of hydrogen-bond donors (Lipinski definition) is 1. The zero-order chi connectivity index (χ0) is 21.1. The molecule has 3 heterocycles. The van der Waals surface area contributed by atoms with Gasteiger partial charge in [-0.3, -0.25) is 4.79 Å². The van der Waals surface area contributed by atoms with Crippen molar-refractivity contribution in [2.24, 2.45) is 0 Å². The molecule has 8 nitrogen and oxygen atoms in total. The van der Waals surface area contributed by atoms with Crippen LogP contribution in [0.2, 0.25) is 0 Å². The van der Waals surface area contributed by atoms with Gasteiger partial charge in [-0.25, -0.2) is 14.6 Å². The van der Waals surface area contributed by atoms with Crippen molar-refractivity contribution in [2.75, 3.05) is 31.2 Å². The Hall–Kier alpha value is -3.21. The van der Waals surface area contributed by atoms with E-state index in [2.05, 4.69) is 25.3 Å². The first-order valence-corrected chi connectivity index (χ1v) is 9.34. The van der Waals surface area contributed by atoms with E-state index < -0.39 is 11.7 Å². The Labute approximate surface area is 169 Å². The summed E-state index contributed by atoms with van der Waals surface area (Å²) in [6.07, 6.45) is -1.32. The molecule has 1 N–H and O–H groups in total. The van der Waals surface area contributed by atoms with E-state index in [9.17, 15) is 18.0 Å². The SMILES string of the molecule is O=C(Cn1ncc2c(N3CCOCC3)ncnc21)NCc1ccc(C(F)(F)F)cc1. The Balaban J connectivity index is 1.41. The summed E-state index contributed by atoms with van der Waals surface area (Å²) in [4.78, 5) is 23.0. The van der Waals surface area contributed by atoms with Crippen molar-refractivity contribution < 1.29 is 22.7 Å². The lowest BCUT2D eigenvalue weighted by molar-refractivity contribution is -0.137. The third kappa shape index (κ3) is 4.35. The Bertz CT molecular complexity index is 1030. The van der Waals surface area contributed by atoms with Crippen molar-refractivity contribution >= 4 is 22.8 Å². The van der Waals surface area contributed by atoms with Crippen LogP contribution < -0.4 is 10.2 Å². The molecule has 30 heavy (non-hydrogen) atoms. The minimum Gasteiger partial charge on any atom is -0.378 e. The number of morpholine rings is 1. The molecular weight excluding hydrogens is 401 g/mol. The summed E-state index contributed by atoms with van der Waals surface area (Å²) in [5, 5.41) is 7.69. The van der Waals surface area contributed by atoms with Gasteiger partial charge in [0, 0.05) is 19.6 Å². The van der Waals surface area contributed by atoms with Gasteiger partial charge in [-0.15, -0.1) is 0 Å². The summed E-state index contributed by atoms with van der Waals surface area (Å²) in [6.45, 7) is 2.71. The highest BCUT2D eigenvalue weighted by Gasteiger charge is 2.29. The molecular formula is C19H19F3N6O2. The molecule has 2 aromatic heterocycles. The fraction of sp³-hybridized carbons (Fsp3) is 0.368. The van der Waals surface area contributed by atoms with Crippen LogP contribution in [0.5, 0.6) is 0 Å². The molecule has 1 aliphatic rings. The number of halogens is 3. The van der Waals surface area contributed by atoms with Crippen LogP contribution in [0.25, 0.3) is 11.0 Å². The molecule has 0 bridgehead atoms. The summed E-state index contributed by atoms with van der Waals surface area (Å²) in [5.74, 6) is 0.422. The average Bonchev–Trinajstić information content (AvgIpc) is 3.15. The monoisotopic (exact) mass is 420 g/mol. The molecule has 0 saturated carbocycles. The standard InChI is InChI=1S/C19H19F3N6O2/c20-19(21,22)14-3-1-13(2-4-14)9-23-16(29)11-28-18-15(10-26-28)17(24-12-25-18)27-5-7-30-8-6-27/h1-4,10,12H,5-9,11H2,(H,23,29). The second-order valence-corrected chi connectivity index (χ2v) is 6.81. The summed E-state index contributed by atoms with van der Waals surface area (Å²) in [6, 6.07) is 4.67.